The van der Waals surface area contributed by atoms with Crippen LogP contribution in [0.4, 0.5) is 0 Å². The number of ketones is 1. The van der Waals surface area contributed by atoms with E-state index in [1.54, 1.807) is 62.4 Å². The number of nitrogens with zero attached hydrogens (tertiary/aromatic N) is 2. The summed E-state index contributed by atoms with van der Waals surface area (Å²) in [6.45, 7) is 3.15. The van der Waals surface area contributed by atoms with Gasteiger partial charge in [0.25, 0.3) is 5.56 Å². The number of esters is 1. The molecule has 3 rings (SSSR count). The predicted molar refractivity (Wildman–Crippen MR) is 102 cm³/mol. The lowest BCUT2D eigenvalue weighted by Crippen LogP contribution is -2.28. The molecule has 0 amide bonds. The van der Waals surface area contributed by atoms with Crippen LogP contribution >= 0.6 is 11.6 Å². The summed E-state index contributed by atoms with van der Waals surface area (Å²) in [5, 5.41) is 5.44. The van der Waals surface area contributed by atoms with Gasteiger partial charge in [0, 0.05) is 16.0 Å². The standard InChI is InChI=1S/C20H17ClN2O4/c1-12(2)23-19(25)16-6-4-3-5-15(16)18(22-23)20(26)27-11-17(24)13-7-9-14(21)10-8-13/h3-10,12H,11H2,1-2H3. The Hall–Kier alpha value is -2.99. The van der Waals surface area contributed by atoms with Crippen molar-refractivity contribution in [2.45, 2.75) is 19.9 Å². The predicted octanol–water partition coefficient (Wildman–Crippen LogP) is 3.67. The van der Waals surface area contributed by atoms with Gasteiger partial charge in [-0.25, -0.2) is 9.48 Å². The molecule has 0 aliphatic rings. The van der Waals surface area contributed by atoms with Crippen molar-refractivity contribution < 1.29 is 14.3 Å². The van der Waals surface area contributed by atoms with E-state index in [2.05, 4.69) is 5.10 Å². The van der Waals surface area contributed by atoms with Crippen LogP contribution in [0.1, 0.15) is 40.7 Å². The highest BCUT2D eigenvalue weighted by Gasteiger charge is 2.20. The summed E-state index contributed by atoms with van der Waals surface area (Å²) in [5.41, 5.74) is 0.106. The Morgan fingerprint density at radius 1 is 1.07 bits per heavy atom. The molecule has 0 saturated heterocycles. The third-order valence-electron chi connectivity index (χ3n) is 4.01. The molecule has 0 N–H and O–H groups in total. The highest BCUT2D eigenvalue weighted by Crippen LogP contribution is 2.16. The van der Waals surface area contributed by atoms with Gasteiger partial charge in [-0.3, -0.25) is 9.59 Å². The molecule has 0 bridgehead atoms. The molecule has 27 heavy (non-hydrogen) atoms. The second-order valence-corrected chi connectivity index (χ2v) is 6.68. The summed E-state index contributed by atoms with van der Waals surface area (Å²) < 4.78 is 6.39. The van der Waals surface area contributed by atoms with Crippen molar-refractivity contribution in [2.24, 2.45) is 0 Å². The topological polar surface area (TPSA) is 78.3 Å². The molecule has 6 nitrogen and oxygen atoms in total. The number of fused-ring (bicyclic) bond motifs is 1. The molecule has 1 aromatic heterocycles. The van der Waals surface area contributed by atoms with Crippen LogP contribution in [0.5, 0.6) is 0 Å². The van der Waals surface area contributed by atoms with Gasteiger partial charge in [0.1, 0.15) is 0 Å². The minimum atomic E-state index is -0.761. The van der Waals surface area contributed by atoms with Gasteiger partial charge in [-0.05, 0) is 44.2 Å². The van der Waals surface area contributed by atoms with E-state index in [0.29, 0.717) is 21.4 Å². The van der Waals surface area contributed by atoms with Crippen LogP contribution < -0.4 is 5.56 Å². The Labute approximate surface area is 160 Å². The van der Waals surface area contributed by atoms with Crippen molar-refractivity contribution in [3.05, 3.63) is 75.2 Å². The number of ether oxygens (including phenoxy) is 1. The van der Waals surface area contributed by atoms with Crippen LogP contribution in [0.2, 0.25) is 5.02 Å². The number of rotatable bonds is 5. The molecule has 0 atom stereocenters. The van der Waals surface area contributed by atoms with Crippen LogP contribution in [-0.2, 0) is 4.74 Å². The smallest absolute Gasteiger partial charge is 0.359 e. The number of carbonyl (C=O) groups is 2. The fourth-order valence-corrected chi connectivity index (χ4v) is 2.75. The van der Waals surface area contributed by atoms with Gasteiger partial charge in [-0.1, -0.05) is 29.8 Å². The minimum absolute atomic E-state index is 0.00260. The second-order valence-electron chi connectivity index (χ2n) is 6.24. The van der Waals surface area contributed by atoms with E-state index >= 15 is 0 Å². The summed E-state index contributed by atoms with van der Waals surface area (Å²) in [6, 6.07) is 12.8. The summed E-state index contributed by atoms with van der Waals surface area (Å²) in [7, 11) is 0. The van der Waals surface area contributed by atoms with Gasteiger partial charge in [-0.15, -0.1) is 0 Å². The van der Waals surface area contributed by atoms with E-state index in [-0.39, 0.29) is 23.1 Å². The number of aromatic nitrogens is 2. The average molecular weight is 385 g/mol. The van der Waals surface area contributed by atoms with Crippen LogP contribution in [0.25, 0.3) is 10.8 Å². The summed E-state index contributed by atoms with van der Waals surface area (Å²) in [5.74, 6) is -1.12. The molecule has 0 aliphatic heterocycles. The molecular formula is C20H17ClN2O4. The quantitative estimate of drug-likeness (QED) is 0.495. The molecule has 138 valence electrons. The maximum atomic E-state index is 12.6. The molecule has 2 aromatic carbocycles. The van der Waals surface area contributed by atoms with Crippen LogP contribution in [0, 0.1) is 0 Å². The van der Waals surface area contributed by atoms with E-state index in [9.17, 15) is 14.4 Å². The zero-order valence-corrected chi connectivity index (χ0v) is 15.6. The van der Waals surface area contributed by atoms with Gasteiger partial charge in [-0.2, -0.15) is 5.10 Å². The van der Waals surface area contributed by atoms with Crippen molar-refractivity contribution in [1.29, 1.82) is 0 Å². The van der Waals surface area contributed by atoms with Crippen molar-refractivity contribution in [3.8, 4) is 0 Å². The first-order valence-corrected chi connectivity index (χ1v) is 8.73. The zero-order valence-electron chi connectivity index (χ0n) is 14.8. The van der Waals surface area contributed by atoms with Crippen LogP contribution in [0.15, 0.2) is 53.3 Å². The fourth-order valence-electron chi connectivity index (χ4n) is 2.63. The summed E-state index contributed by atoms with van der Waals surface area (Å²) >= 11 is 5.80. The van der Waals surface area contributed by atoms with Crippen LogP contribution in [-0.4, -0.2) is 28.1 Å². The summed E-state index contributed by atoms with van der Waals surface area (Å²) in [6.07, 6.45) is 0. The number of hydrogen-bond acceptors (Lipinski definition) is 5. The molecule has 0 saturated carbocycles. The van der Waals surface area contributed by atoms with Gasteiger partial charge >= 0.3 is 5.97 Å². The van der Waals surface area contributed by atoms with Gasteiger partial charge in [0.15, 0.2) is 18.1 Å². The first-order chi connectivity index (χ1) is 12.9. The molecular weight excluding hydrogens is 368 g/mol. The SMILES string of the molecule is CC(C)n1nc(C(=O)OCC(=O)c2ccc(Cl)cc2)c2ccccc2c1=O. The number of hydrogen-bond donors (Lipinski definition) is 0. The number of carbonyl (C=O) groups excluding carboxylic acids is 2. The number of benzene rings is 2. The van der Waals surface area contributed by atoms with Gasteiger partial charge in [0.05, 0.1) is 11.4 Å². The van der Waals surface area contributed by atoms with Gasteiger partial charge in [0.2, 0.25) is 0 Å². The molecule has 0 aliphatic carbocycles. The lowest BCUT2D eigenvalue weighted by molar-refractivity contribution is 0.0468. The average Bonchev–Trinajstić information content (AvgIpc) is 2.66. The van der Waals surface area contributed by atoms with E-state index in [1.807, 2.05) is 0 Å². The lowest BCUT2D eigenvalue weighted by atomic mass is 10.1. The maximum Gasteiger partial charge on any atom is 0.359 e. The van der Waals surface area contributed by atoms with Crippen molar-refractivity contribution in [3.63, 3.8) is 0 Å². The Balaban J connectivity index is 1.89. The Bertz CT molecular complexity index is 1070. The van der Waals surface area contributed by atoms with E-state index in [0.717, 1.165) is 0 Å². The second kappa shape index (κ2) is 7.72. The van der Waals surface area contributed by atoms with Crippen molar-refractivity contribution in [2.75, 3.05) is 6.61 Å². The fraction of sp³-hybridized carbons (Fsp3) is 0.200. The Morgan fingerprint density at radius 2 is 1.70 bits per heavy atom. The molecule has 7 heteroatoms. The molecule has 1 heterocycles. The lowest BCUT2D eigenvalue weighted by Gasteiger charge is -2.13. The Kier molecular flexibility index (Phi) is 5.37. The first-order valence-electron chi connectivity index (χ1n) is 8.36. The first kappa shape index (κ1) is 18.8. The monoisotopic (exact) mass is 384 g/mol. The van der Waals surface area contributed by atoms with Crippen molar-refractivity contribution >= 4 is 34.1 Å². The Morgan fingerprint density at radius 3 is 2.33 bits per heavy atom. The highest BCUT2D eigenvalue weighted by molar-refractivity contribution is 6.30. The molecule has 0 unspecified atom stereocenters. The molecule has 0 spiro atoms. The third-order valence-corrected chi connectivity index (χ3v) is 4.26. The van der Waals surface area contributed by atoms with E-state index < -0.39 is 12.6 Å². The number of Topliss-reactive ketones (excluding diaryl/α,β-unsaturated/α-hetero) is 1. The normalized spacial score (nSPS) is 11.0. The molecule has 3 aromatic rings. The van der Waals surface area contributed by atoms with Crippen molar-refractivity contribution in [1.82, 2.24) is 9.78 Å². The molecule has 0 radical (unpaired) electrons. The highest BCUT2D eigenvalue weighted by atomic mass is 35.5. The number of halogens is 1. The maximum absolute atomic E-state index is 12.6. The minimum Gasteiger partial charge on any atom is -0.452 e. The largest absolute Gasteiger partial charge is 0.452 e. The zero-order chi connectivity index (χ0) is 19.6. The summed E-state index contributed by atoms with van der Waals surface area (Å²) in [4.78, 5) is 37.3. The molecule has 0 fully saturated rings. The van der Waals surface area contributed by atoms with E-state index in [1.165, 1.54) is 4.68 Å². The van der Waals surface area contributed by atoms with Gasteiger partial charge < -0.3 is 4.74 Å². The van der Waals surface area contributed by atoms with E-state index in [4.69, 9.17) is 16.3 Å². The third kappa shape index (κ3) is 3.90. The van der Waals surface area contributed by atoms with Crippen LogP contribution in [0.3, 0.4) is 0 Å².